The fraction of sp³-hybridized carbons (Fsp3) is 0.875. The van der Waals surface area contributed by atoms with Crippen LogP contribution < -0.4 is 10.6 Å². The lowest BCUT2D eigenvalue weighted by atomic mass is 9.78. The van der Waals surface area contributed by atoms with E-state index in [0.717, 1.165) is 18.9 Å². The highest BCUT2D eigenvalue weighted by atomic mass is 16.2. The second kappa shape index (κ2) is 2.72. The number of urea groups is 1. The minimum Gasteiger partial charge on any atom is -0.338 e. The van der Waals surface area contributed by atoms with E-state index in [1.165, 1.54) is 19.3 Å². The van der Waals surface area contributed by atoms with Gasteiger partial charge >= 0.3 is 6.03 Å². The Kier molecular flexibility index (Phi) is 1.72. The molecule has 0 aromatic rings. The lowest BCUT2D eigenvalue weighted by Gasteiger charge is -2.36. The third kappa shape index (κ3) is 1.32. The van der Waals surface area contributed by atoms with E-state index in [2.05, 4.69) is 10.6 Å². The van der Waals surface area contributed by atoms with Gasteiger partial charge in [0.1, 0.15) is 0 Å². The molecule has 0 radical (unpaired) electrons. The van der Waals surface area contributed by atoms with Crippen LogP contribution in [0.4, 0.5) is 4.79 Å². The molecule has 3 nitrogen and oxygen atoms in total. The van der Waals surface area contributed by atoms with E-state index >= 15 is 0 Å². The maximum absolute atomic E-state index is 10.9. The lowest BCUT2D eigenvalue weighted by Crippen LogP contribution is -2.53. The molecule has 0 bridgehead atoms. The van der Waals surface area contributed by atoms with E-state index in [4.69, 9.17) is 0 Å². The molecule has 1 unspecified atom stereocenters. The van der Waals surface area contributed by atoms with E-state index < -0.39 is 0 Å². The van der Waals surface area contributed by atoms with Crippen molar-refractivity contribution < 1.29 is 4.79 Å². The van der Waals surface area contributed by atoms with Gasteiger partial charge in [0, 0.05) is 12.6 Å². The largest absolute Gasteiger partial charge is 0.338 e. The minimum atomic E-state index is 0.0214. The fourth-order valence-electron chi connectivity index (χ4n) is 1.83. The summed E-state index contributed by atoms with van der Waals surface area (Å²) in [6.45, 7) is 0.854. The third-order valence-electron chi connectivity index (χ3n) is 2.78. The van der Waals surface area contributed by atoms with Crippen molar-refractivity contribution in [2.75, 3.05) is 6.54 Å². The van der Waals surface area contributed by atoms with E-state index in [1.807, 2.05) is 0 Å². The first-order valence-electron chi connectivity index (χ1n) is 4.40. The predicted molar refractivity (Wildman–Crippen MR) is 42.3 cm³/mol. The molecule has 1 saturated heterocycles. The van der Waals surface area contributed by atoms with Crippen molar-refractivity contribution >= 4 is 6.03 Å². The Bertz CT molecular complexity index is 165. The smallest absolute Gasteiger partial charge is 0.315 e. The summed E-state index contributed by atoms with van der Waals surface area (Å²) in [6, 6.07) is 0.491. The summed E-state index contributed by atoms with van der Waals surface area (Å²) in [7, 11) is 0. The van der Waals surface area contributed by atoms with Gasteiger partial charge in [-0.3, -0.25) is 0 Å². The van der Waals surface area contributed by atoms with Crippen molar-refractivity contribution in [3.63, 3.8) is 0 Å². The van der Waals surface area contributed by atoms with E-state index in [-0.39, 0.29) is 6.03 Å². The van der Waals surface area contributed by atoms with Crippen LogP contribution in [0.5, 0.6) is 0 Å². The van der Waals surface area contributed by atoms with E-state index in [1.54, 1.807) is 0 Å². The van der Waals surface area contributed by atoms with Crippen LogP contribution in [0, 0.1) is 5.92 Å². The van der Waals surface area contributed by atoms with Gasteiger partial charge in [0.2, 0.25) is 0 Å². The summed E-state index contributed by atoms with van der Waals surface area (Å²) in [5.41, 5.74) is 0. The van der Waals surface area contributed by atoms with Gasteiger partial charge < -0.3 is 10.6 Å². The van der Waals surface area contributed by atoms with Crippen molar-refractivity contribution in [3.8, 4) is 0 Å². The Morgan fingerprint density at radius 2 is 2.09 bits per heavy atom. The van der Waals surface area contributed by atoms with Gasteiger partial charge in [0.25, 0.3) is 0 Å². The van der Waals surface area contributed by atoms with Crippen LogP contribution in [-0.4, -0.2) is 18.6 Å². The van der Waals surface area contributed by atoms with Gasteiger partial charge in [-0.15, -0.1) is 0 Å². The number of nitrogens with one attached hydrogen (secondary N) is 2. The summed E-state index contributed by atoms with van der Waals surface area (Å²) in [5.74, 6) is 0.779. The number of amides is 2. The molecule has 0 aromatic heterocycles. The SMILES string of the molecule is O=C1NCCC(C2CCC2)N1. The van der Waals surface area contributed by atoms with Crippen LogP contribution in [0.3, 0.4) is 0 Å². The molecule has 62 valence electrons. The molecule has 2 rings (SSSR count). The van der Waals surface area contributed by atoms with Crippen molar-refractivity contribution in [2.24, 2.45) is 5.92 Å². The molecule has 1 aliphatic heterocycles. The van der Waals surface area contributed by atoms with Crippen molar-refractivity contribution in [1.82, 2.24) is 10.6 Å². The first-order valence-corrected chi connectivity index (χ1v) is 4.40. The zero-order valence-corrected chi connectivity index (χ0v) is 6.60. The summed E-state index contributed by atoms with van der Waals surface area (Å²) in [5, 5.41) is 5.73. The molecule has 2 fully saturated rings. The Morgan fingerprint density at radius 1 is 1.27 bits per heavy atom. The van der Waals surface area contributed by atoms with Crippen LogP contribution in [0.2, 0.25) is 0 Å². The minimum absolute atomic E-state index is 0.0214. The molecule has 3 heteroatoms. The second-order valence-electron chi connectivity index (χ2n) is 3.49. The summed E-state index contributed by atoms with van der Waals surface area (Å²) < 4.78 is 0. The maximum Gasteiger partial charge on any atom is 0.315 e. The lowest BCUT2D eigenvalue weighted by molar-refractivity contribution is 0.188. The highest BCUT2D eigenvalue weighted by Gasteiger charge is 2.29. The summed E-state index contributed by atoms with van der Waals surface area (Å²) in [6.07, 6.45) is 5.08. The molecule has 1 saturated carbocycles. The molecular formula is C8H14N2O. The molecule has 11 heavy (non-hydrogen) atoms. The second-order valence-corrected chi connectivity index (χ2v) is 3.49. The average Bonchev–Trinajstić information content (AvgIpc) is 1.83. The van der Waals surface area contributed by atoms with E-state index in [0.29, 0.717) is 6.04 Å². The van der Waals surface area contributed by atoms with E-state index in [9.17, 15) is 4.79 Å². The molecular weight excluding hydrogens is 140 g/mol. The van der Waals surface area contributed by atoms with Crippen LogP contribution in [-0.2, 0) is 0 Å². The molecule has 2 amide bonds. The van der Waals surface area contributed by atoms with Crippen LogP contribution in [0.15, 0.2) is 0 Å². The van der Waals surface area contributed by atoms with Gasteiger partial charge in [-0.05, 0) is 25.2 Å². The van der Waals surface area contributed by atoms with Crippen molar-refractivity contribution in [1.29, 1.82) is 0 Å². The Balaban J connectivity index is 1.87. The third-order valence-corrected chi connectivity index (χ3v) is 2.78. The van der Waals surface area contributed by atoms with Gasteiger partial charge in [0.15, 0.2) is 0 Å². The highest BCUT2D eigenvalue weighted by molar-refractivity contribution is 5.75. The Hall–Kier alpha value is -0.730. The zero-order valence-electron chi connectivity index (χ0n) is 6.60. The van der Waals surface area contributed by atoms with Gasteiger partial charge in [-0.1, -0.05) is 6.42 Å². The molecule has 2 N–H and O–H groups in total. The first-order chi connectivity index (χ1) is 5.36. The van der Waals surface area contributed by atoms with Crippen molar-refractivity contribution in [3.05, 3.63) is 0 Å². The summed E-state index contributed by atoms with van der Waals surface area (Å²) >= 11 is 0. The van der Waals surface area contributed by atoms with Crippen molar-refractivity contribution in [2.45, 2.75) is 31.7 Å². The summed E-state index contributed by atoms with van der Waals surface area (Å²) in [4.78, 5) is 10.9. The van der Waals surface area contributed by atoms with Crippen LogP contribution in [0.1, 0.15) is 25.7 Å². The zero-order chi connectivity index (χ0) is 7.68. The molecule has 1 atom stereocenters. The number of carbonyl (C=O) groups is 1. The average molecular weight is 154 g/mol. The van der Waals surface area contributed by atoms with Gasteiger partial charge in [-0.25, -0.2) is 4.79 Å². The quantitative estimate of drug-likeness (QED) is 0.578. The fourth-order valence-corrected chi connectivity index (χ4v) is 1.83. The highest BCUT2D eigenvalue weighted by Crippen LogP contribution is 2.31. The van der Waals surface area contributed by atoms with Crippen LogP contribution in [0.25, 0.3) is 0 Å². The molecule has 2 aliphatic rings. The number of hydrogen-bond acceptors (Lipinski definition) is 1. The number of carbonyl (C=O) groups excluding carboxylic acids is 1. The normalized spacial score (nSPS) is 32.0. The molecule has 0 aromatic carbocycles. The van der Waals surface area contributed by atoms with Gasteiger partial charge in [0.05, 0.1) is 0 Å². The monoisotopic (exact) mass is 154 g/mol. The standard InChI is InChI=1S/C8H14N2O/c11-8-9-5-4-7(10-8)6-2-1-3-6/h6-7H,1-5H2,(H2,9,10,11). The first kappa shape index (κ1) is 6.95. The topological polar surface area (TPSA) is 41.1 Å². The Morgan fingerprint density at radius 3 is 2.64 bits per heavy atom. The number of rotatable bonds is 1. The van der Waals surface area contributed by atoms with Gasteiger partial charge in [-0.2, -0.15) is 0 Å². The molecule has 1 aliphatic carbocycles. The Labute approximate surface area is 66.5 Å². The molecule has 1 heterocycles. The predicted octanol–water partition coefficient (Wildman–Crippen LogP) is 0.858. The number of hydrogen-bond donors (Lipinski definition) is 2. The maximum atomic E-state index is 10.9. The van der Waals surface area contributed by atoms with Crippen LogP contribution >= 0.6 is 0 Å². The molecule has 0 spiro atoms.